The lowest BCUT2D eigenvalue weighted by atomic mass is 10.0. The molecule has 34 heavy (non-hydrogen) atoms. The second-order valence-electron chi connectivity index (χ2n) is 7.61. The summed E-state index contributed by atoms with van der Waals surface area (Å²) in [6.07, 6.45) is 1.61. The lowest BCUT2D eigenvalue weighted by Gasteiger charge is -2.15. The molecule has 0 amide bonds. The molecule has 1 unspecified atom stereocenters. The lowest BCUT2D eigenvalue weighted by Crippen LogP contribution is -2.26. The Balaban J connectivity index is 1.71. The Morgan fingerprint density at radius 1 is 1.06 bits per heavy atom. The summed E-state index contributed by atoms with van der Waals surface area (Å²) in [7, 11) is 0. The number of carboxylic acids is 1. The van der Waals surface area contributed by atoms with E-state index in [1.54, 1.807) is 18.7 Å². The highest BCUT2D eigenvalue weighted by Gasteiger charge is 2.17. The number of thioether (sulfide) groups is 1. The van der Waals surface area contributed by atoms with Gasteiger partial charge in [0.25, 0.3) is 0 Å². The van der Waals surface area contributed by atoms with E-state index >= 15 is 0 Å². The number of allylic oxidation sites excluding steroid dienone is 1. The molecule has 0 aliphatic heterocycles. The van der Waals surface area contributed by atoms with Crippen LogP contribution < -0.4 is 4.74 Å². The van der Waals surface area contributed by atoms with Crippen LogP contribution in [-0.2, 0) is 4.79 Å². The van der Waals surface area contributed by atoms with Gasteiger partial charge in [-0.05, 0) is 53.8 Å². The van der Waals surface area contributed by atoms with Crippen molar-refractivity contribution in [3.63, 3.8) is 0 Å². The zero-order valence-electron chi connectivity index (χ0n) is 19.3. The van der Waals surface area contributed by atoms with E-state index < -0.39 is 12.1 Å². The van der Waals surface area contributed by atoms with Crippen molar-refractivity contribution < 1.29 is 19.7 Å². The Morgan fingerprint density at radius 3 is 2.38 bits per heavy atom. The van der Waals surface area contributed by atoms with Crippen LogP contribution in [0.2, 0.25) is 0 Å². The number of rotatable bonds is 9. The van der Waals surface area contributed by atoms with E-state index in [9.17, 15) is 15.0 Å². The summed E-state index contributed by atoms with van der Waals surface area (Å²) >= 11 is 1.65. The SMILES string of the molecule is CCC(Oc1ccc(SC/C=C(\C#CCO)c2ccc(-c3ccccc3)cc2)cc1C)C(=O)O. The van der Waals surface area contributed by atoms with Crippen molar-refractivity contribution in [1.82, 2.24) is 0 Å². The summed E-state index contributed by atoms with van der Waals surface area (Å²) in [5, 5.41) is 18.4. The maximum absolute atomic E-state index is 11.2. The number of aryl methyl sites for hydroxylation is 1. The fourth-order valence-electron chi connectivity index (χ4n) is 3.38. The monoisotopic (exact) mass is 472 g/mol. The molecular weight excluding hydrogens is 444 g/mol. The van der Waals surface area contributed by atoms with Crippen molar-refractivity contribution >= 4 is 23.3 Å². The number of benzene rings is 3. The predicted octanol–water partition coefficient (Wildman–Crippen LogP) is 6.08. The minimum absolute atomic E-state index is 0.192. The van der Waals surface area contributed by atoms with Gasteiger partial charge in [0.05, 0.1) is 0 Å². The molecule has 0 heterocycles. The molecule has 0 bridgehead atoms. The molecular formula is C29H28O4S. The molecule has 0 radical (unpaired) electrons. The van der Waals surface area contributed by atoms with Crippen LogP contribution >= 0.6 is 11.8 Å². The molecule has 4 nitrogen and oxygen atoms in total. The zero-order chi connectivity index (χ0) is 24.3. The topological polar surface area (TPSA) is 66.8 Å². The number of ether oxygens (including phenoxy) is 1. The van der Waals surface area contributed by atoms with Gasteiger partial charge in [-0.25, -0.2) is 4.79 Å². The Morgan fingerprint density at radius 2 is 1.76 bits per heavy atom. The van der Waals surface area contributed by atoms with Crippen LogP contribution in [0.3, 0.4) is 0 Å². The maximum atomic E-state index is 11.2. The first-order valence-corrected chi connectivity index (χ1v) is 12.1. The largest absolute Gasteiger partial charge is 0.479 e. The molecule has 0 aliphatic carbocycles. The van der Waals surface area contributed by atoms with Gasteiger partial charge in [0.2, 0.25) is 0 Å². The molecule has 0 saturated heterocycles. The first kappa shape index (κ1) is 25.2. The van der Waals surface area contributed by atoms with Gasteiger partial charge in [-0.1, -0.05) is 79.4 Å². The van der Waals surface area contributed by atoms with Gasteiger partial charge in [-0.2, -0.15) is 0 Å². The van der Waals surface area contributed by atoms with Gasteiger partial charge in [0.15, 0.2) is 6.10 Å². The summed E-state index contributed by atoms with van der Waals surface area (Å²) in [6.45, 7) is 3.51. The normalized spacial score (nSPS) is 11.9. The number of aliphatic hydroxyl groups is 1. The van der Waals surface area contributed by atoms with Gasteiger partial charge >= 0.3 is 5.97 Å². The molecule has 0 saturated carbocycles. The highest BCUT2D eigenvalue weighted by molar-refractivity contribution is 7.99. The number of hydrogen-bond acceptors (Lipinski definition) is 4. The summed E-state index contributed by atoms with van der Waals surface area (Å²) in [5.74, 6) is 6.14. The van der Waals surface area contributed by atoms with Gasteiger partial charge in [0, 0.05) is 16.2 Å². The van der Waals surface area contributed by atoms with Crippen LogP contribution in [0.4, 0.5) is 0 Å². The smallest absolute Gasteiger partial charge is 0.344 e. The molecule has 0 fully saturated rings. The van der Waals surface area contributed by atoms with E-state index in [2.05, 4.69) is 42.2 Å². The van der Waals surface area contributed by atoms with E-state index in [0.717, 1.165) is 32.7 Å². The van der Waals surface area contributed by atoms with Gasteiger partial charge in [-0.15, -0.1) is 11.8 Å². The van der Waals surface area contributed by atoms with Gasteiger partial charge in [0.1, 0.15) is 12.4 Å². The quantitative estimate of drug-likeness (QED) is 0.292. The fraction of sp³-hybridized carbons (Fsp3) is 0.207. The van der Waals surface area contributed by atoms with Crippen LogP contribution in [-0.4, -0.2) is 34.6 Å². The average molecular weight is 473 g/mol. The number of aliphatic carboxylic acids is 1. The standard InChI is InChI=1S/C29H28O4S/c1-3-27(29(31)32)33-28-16-15-26(20-21(28)2)34-19-17-23(10-7-18-30)25-13-11-24(12-14-25)22-8-5-4-6-9-22/h4-6,8-9,11-17,20,27,30H,3,18-19H2,1-2H3,(H,31,32)/b23-17+. The second-order valence-corrected chi connectivity index (χ2v) is 8.71. The highest BCUT2D eigenvalue weighted by atomic mass is 32.2. The Bertz CT molecular complexity index is 1190. The molecule has 1 atom stereocenters. The number of hydrogen-bond donors (Lipinski definition) is 2. The maximum Gasteiger partial charge on any atom is 0.344 e. The zero-order valence-corrected chi connectivity index (χ0v) is 20.1. The molecule has 2 N–H and O–H groups in total. The molecule has 174 valence electrons. The van der Waals surface area contributed by atoms with Crippen molar-refractivity contribution in [2.75, 3.05) is 12.4 Å². The molecule has 5 heteroatoms. The third-order valence-corrected chi connectivity index (χ3v) is 6.13. The van der Waals surface area contributed by atoms with Crippen molar-refractivity contribution in [1.29, 1.82) is 0 Å². The van der Waals surface area contributed by atoms with Crippen LogP contribution in [0, 0.1) is 18.8 Å². The van der Waals surface area contributed by atoms with E-state index in [4.69, 9.17) is 4.74 Å². The minimum Gasteiger partial charge on any atom is -0.479 e. The van der Waals surface area contributed by atoms with Crippen LogP contribution in [0.15, 0.2) is 83.8 Å². The Kier molecular flexibility index (Phi) is 9.40. The van der Waals surface area contributed by atoms with Crippen molar-refractivity contribution in [2.24, 2.45) is 0 Å². The fourth-order valence-corrected chi connectivity index (χ4v) is 4.24. The molecule has 3 aromatic carbocycles. The number of aliphatic hydroxyl groups excluding tert-OH is 1. The Labute approximate surface area is 205 Å². The molecule has 3 rings (SSSR count). The second kappa shape index (κ2) is 12.7. The van der Waals surface area contributed by atoms with E-state index in [1.807, 2.05) is 55.5 Å². The van der Waals surface area contributed by atoms with Gasteiger partial charge in [-0.3, -0.25) is 0 Å². The van der Waals surface area contributed by atoms with Crippen molar-refractivity contribution in [2.45, 2.75) is 31.3 Å². The third kappa shape index (κ3) is 7.02. The van der Waals surface area contributed by atoms with Gasteiger partial charge < -0.3 is 14.9 Å². The summed E-state index contributed by atoms with van der Waals surface area (Å²) in [6, 6.07) is 24.2. The average Bonchev–Trinajstić information content (AvgIpc) is 2.86. The molecule has 0 aliphatic rings. The van der Waals surface area contributed by atoms with Crippen LogP contribution in [0.25, 0.3) is 16.7 Å². The van der Waals surface area contributed by atoms with Crippen LogP contribution in [0.1, 0.15) is 24.5 Å². The van der Waals surface area contributed by atoms with Crippen molar-refractivity contribution in [3.8, 4) is 28.7 Å². The molecule has 0 spiro atoms. The number of carboxylic acid groups (broad SMARTS) is 1. The van der Waals surface area contributed by atoms with Crippen LogP contribution in [0.5, 0.6) is 5.75 Å². The van der Waals surface area contributed by atoms with Crippen molar-refractivity contribution in [3.05, 3.63) is 90.0 Å². The van der Waals surface area contributed by atoms with E-state index in [1.165, 1.54) is 0 Å². The predicted molar refractivity (Wildman–Crippen MR) is 139 cm³/mol. The number of carbonyl (C=O) groups is 1. The summed E-state index contributed by atoms with van der Waals surface area (Å²) in [4.78, 5) is 12.3. The Hall–Kier alpha value is -3.46. The molecule has 0 aromatic heterocycles. The highest BCUT2D eigenvalue weighted by Crippen LogP contribution is 2.28. The third-order valence-electron chi connectivity index (χ3n) is 5.20. The summed E-state index contributed by atoms with van der Waals surface area (Å²) < 4.78 is 5.63. The summed E-state index contributed by atoms with van der Waals surface area (Å²) in [5.41, 5.74) is 5.06. The lowest BCUT2D eigenvalue weighted by molar-refractivity contribution is -0.145. The van der Waals surface area contributed by atoms with E-state index in [-0.39, 0.29) is 6.61 Å². The first-order chi connectivity index (χ1) is 16.5. The first-order valence-electron chi connectivity index (χ1n) is 11.1. The van der Waals surface area contributed by atoms with E-state index in [0.29, 0.717) is 17.9 Å². The molecule has 3 aromatic rings. The minimum atomic E-state index is -0.959.